The van der Waals surface area contributed by atoms with Gasteiger partial charge in [0.15, 0.2) is 0 Å². The van der Waals surface area contributed by atoms with Crippen LogP contribution in [0.1, 0.15) is 30.4 Å². The summed E-state index contributed by atoms with van der Waals surface area (Å²) < 4.78 is 12.3. The second kappa shape index (κ2) is 7.48. The van der Waals surface area contributed by atoms with Crippen LogP contribution in [0.15, 0.2) is 60.7 Å². The van der Waals surface area contributed by atoms with Gasteiger partial charge in [-0.05, 0) is 43.5 Å². The van der Waals surface area contributed by atoms with Gasteiger partial charge in [0.05, 0.1) is 22.1 Å². The van der Waals surface area contributed by atoms with E-state index in [9.17, 15) is 14.9 Å². The molecule has 4 atom stereocenters. The number of amides is 1. The smallest absolute Gasteiger partial charge is 0.415 e. The van der Waals surface area contributed by atoms with Crippen LogP contribution in [0.2, 0.25) is 0 Å². The molecule has 7 nitrogen and oxygen atoms in total. The fraction of sp³-hybridized carbons (Fsp3) is 0.296. The van der Waals surface area contributed by atoms with Crippen LogP contribution in [0.4, 0.5) is 16.2 Å². The normalized spacial score (nSPS) is 29.2. The Morgan fingerprint density at radius 2 is 1.91 bits per heavy atom. The van der Waals surface area contributed by atoms with Gasteiger partial charge in [-0.2, -0.15) is 0 Å². The fourth-order valence-corrected chi connectivity index (χ4v) is 5.79. The maximum atomic E-state index is 13.6. The Balaban J connectivity index is 1.42. The molecular formula is C27H20N2O5. The van der Waals surface area contributed by atoms with Crippen molar-refractivity contribution in [3.63, 3.8) is 0 Å². The Hall–Kier alpha value is -4.07. The SMILES string of the molecule is O=C(OCc1ccccc1[N+](=O)[O-])N1c2ccccc2[C@@]23O[C@]24CCC[C@H]3C#CC=CC#C[C@H]14. The number of epoxide rings is 1. The molecular weight excluding hydrogens is 432 g/mol. The van der Waals surface area contributed by atoms with Gasteiger partial charge in [-0.3, -0.25) is 15.0 Å². The zero-order chi connectivity index (χ0) is 23.3. The van der Waals surface area contributed by atoms with Gasteiger partial charge in [-0.25, -0.2) is 4.79 Å². The highest BCUT2D eigenvalue weighted by Gasteiger charge is 2.81. The molecule has 6 rings (SSSR count). The molecule has 2 aromatic rings. The first-order valence-corrected chi connectivity index (χ1v) is 11.2. The summed E-state index contributed by atoms with van der Waals surface area (Å²) in [7, 11) is 0. The first-order chi connectivity index (χ1) is 16.6. The monoisotopic (exact) mass is 452 g/mol. The summed E-state index contributed by atoms with van der Waals surface area (Å²) in [6.45, 7) is -0.220. The average molecular weight is 452 g/mol. The third-order valence-electron chi connectivity index (χ3n) is 7.19. The summed E-state index contributed by atoms with van der Waals surface area (Å²) in [6, 6.07) is 13.4. The molecule has 1 saturated heterocycles. The molecule has 7 heteroatoms. The number of benzene rings is 2. The lowest BCUT2D eigenvalue weighted by Crippen LogP contribution is -2.57. The topological polar surface area (TPSA) is 85.2 Å². The number of para-hydroxylation sites is 2. The second-order valence-electron chi connectivity index (χ2n) is 8.81. The van der Waals surface area contributed by atoms with Crippen molar-refractivity contribution in [1.29, 1.82) is 0 Å². The first kappa shape index (κ1) is 20.5. The van der Waals surface area contributed by atoms with Gasteiger partial charge >= 0.3 is 6.09 Å². The molecule has 2 fully saturated rings. The van der Waals surface area contributed by atoms with Crippen molar-refractivity contribution in [3.8, 4) is 23.7 Å². The summed E-state index contributed by atoms with van der Waals surface area (Å²) in [5.74, 6) is 12.7. The van der Waals surface area contributed by atoms with Gasteiger partial charge in [-0.1, -0.05) is 54.0 Å². The van der Waals surface area contributed by atoms with Crippen LogP contribution in [0, 0.1) is 39.7 Å². The maximum Gasteiger partial charge on any atom is 0.415 e. The molecule has 2 aliphatic heterocycles. The Bertz CT molecular complexity index is 1380. The van der Waals surface area contributed by atoms with Crippen molar-refractivity contribution in [2.75, 3.05) is 4.90 Å². The van der Waals surface area contributed by atoms with Crippen LogP contribution in [0.5, 0.6) is 0 Å². The number of ether oxygens (including phenoxy) is 2. The number of rotatable bonds is 3. The van der Waals surface area contributed by atoms with E-state index in [1.807, 2.05) is 24.3 Å². The lowest BCUT2D eigenvalue weighted by Gasteiger charge is -2.43. The van der Waals surface area contributed by atoms with E-state index in [-0.39, 0.29) is 18.2 Å². The van der Waals surface area contributed by atoms with Crippen LogP contribution in [0.25, 0.3) is 0 Å². The van der Waals surface area contributed by atoms with Gasteiger partial charge in [0.2, 0.25) is 0 Å². The van der Waals surface area contributed by atoms with E-state index in [1.54, 1.807) is 35.3 Å². The minimum Gasteiger partial charge on any atom is -0.444 e. The summed E-state index contributed by atoms with van der Waals surface area (Å²) in [6.07, 6.45) is 5.40. The van der Waals surface area contributed by atoms with Crippen LogP contribution in [-0.4, -0.2) is 22.7 Å². The van der Waals surface area contributed by atoms with Gasteiger partial charge in [0.25, 0.3) is 5.69 Å². The van der Waals surface area contributed by atoms with Gasteiger partial charge in [0.1, 0.15) is 23.9 Å². The molecule has 0 spiro atoms. The van der Waals surface area contributed by atoms with Crippen molar-refractivity contribution in [1.82, 2.24) is 0 Å². The average Bonchev–Trinajstić information content (AvgIpc) is 3.57. The minimum atomic E-state index is -0.658. The predicted molar refractivity (Wildman–Crippen MR) is 124 cm³/mol. The van der Waals surface area contributed by atoms with E-state index >= 15 is 0 Å². The maximum absolute atomic E-state index is 13.6. The zero-order valence-electron chi connectivity index (χ0n) is 18.2. The second-order valence-corrected chi connectivity index (χ2v) is 8.81. The van der Waals surface area contributed by atoms with E-state index in [1.165, 1.54) is 6.07 Å². The van der Waals surface area contributed by atoms with Crippen molar-refractivity contribution < 1.29 is 19.2 Å². The van der Waals surface area contributed by atoms with E-state index in [2.05, 4.69) is 23.7 Å². The number of hydrogen-bond acceptors (Lipinski definition) is 5. The molecule has 2 aromatic carbocycles. The van der Waals surface area contributed by atoms with Crippen LogP contribution >= 0.6 is 0 Å². The predicted octanol–water partition coefficient (Wildman–Crippen LogP) is 4.46. The molecule has 168 valence electrons. The molecule has 2 heterocycles. The molecule has 0 N–H and O–H groups in total. The van der Waals surface area contributed by atoms with E-state index in [0.29, 0.717) is 11.3 Å². The van der Waals surface area contributed by atoms with Crippen LogP contribution in [-0.2, 0) is 21.7 Å². The lowest BCUT2D eigenvalue weighted by molar-refractivity contribution is -0.385. The van der Waals surface area contributed by atoms with E-state index < -0.39 is 28.3 Å². The molecule has 1 amide bonds. The molecule has 0 aromatic heterocycles. The summed E-state index contributed by atoms with van der Waals surface area (Å²) >= 11 is 0. The number of carbonyl (C=O) groups excluding carboxylic acids is 1. The number of nitro benzene ring substituents is 1. The molecule has 2 aliphatic carbocycles. The number of hydrogen-bond donors (Lipinski definition) is 0. The highest BCUT2D eigenvalue weighted by Crippen LogP contribution is 2.72. The standard InChI is InChI=1S/C27H20N2O5/c30-25(33-18-19-10-5-7-14-22(19)29(31)32)28-23-15-8-6-13-21(23)27-20-11-3-1-2-4-16-24(28)26(27,34-27)17-9-12-20/h1-2,5-8,10,13-15,20,24H,9,12,17-18H2/t20-,24+,26+,27-/m1/s1. The fourth-order valence-electron chi connectivity index (χ4n) is 5.79. The van der Waals surface area contributed by atoms with Crippen molar-refractivity contribution in [3.05, 3.63) is 81.9 Å². The highest BCUT2D eigenvalue weighted by atomic mass is 16.6. The van der Waals surface area contributed by atoms with Gasteiger partial charge < -0.3 is 9.47 Å². The van der Waals surface area contributed by atoms with Crippen LogP contribution in [0.3, 0.4) is 0 Å². The molecule has 0 radical (unpaired) electrons. The quantitative estimate of drug-likeness (QED) is 0.297. The molecule has 4 aliphatic rings. The molecule has 0 unspecified atom stereocenters. The van der Waals surface area contributed by atoms with Crippen molar-refractivity contribution in [2.24, 2.45) is 5.92 Å². The molecule has 4 bridgehead atoms. The number of carbonyl (C=O) groups is 1. The number of nitrogens with zero attached hydrogens (tertiary/aromatic N) is 2. The summed E-state index contributed by atoms with van der Waals surface area (Å²) in [5.41, 5.74) is 0.576. The van der Waals surface area contributed by atoms with Crippen molar-refractivity contribution in [2.45, 2.75) is 43.1 Å². The Morgan fingerprint density at radius 3 is 2.76 bits per heavy atom. The number of allylic oxidation sites excluding steroid dienone is 2. The third-order valence-corrected chi connectivity index (χ3v) is 7.19. The Kier molecular flexibility index (Phi) is 4.52. The first-order valence-electron chi connectivity index (χ1n) is 11.2. The minimum absolute atomic E-state index is 0.000381. The Morgan fingerprint density at radius 1 is 1.15 bits per heavy atom. The van der Waals surface area contributed by atoms with Gasteiger partial charge in [0, 0.05) is 11.6 Å². The number of fused-ring (bicyclic) bond motifs is 1. The van der Waals surface area contributed by atoms with E-state index in [4.69, 9.17) is 9.47 Å². The Labute approximate surface area is 196 Å². The number of nitro groups is 1. The summed E-state index contributed by atoms with van der Waals surface area (Å²) in [5, 5.41) is 11.4. The summed E-state index contributed by atoms with van der Waals surface area (Å²) in [4.78, 5) is 26.0. The molecule has 34 heavy (non-hydrogen) atoms. The highest BCUT2D eigenvalue weighted by molar-refractivity contribution is 5.93. The molecule has 1 saturated carbocycles. The van der Waals surface area contributed by atoms with E-state index in [0.717, 1.165) is 24.8 Å². The number of anilines is 1. The zero-order valence-corrected chi connectivity index (χ0v) is 18.2. The largest absolute Gasteiger partial charge is 0.444 e. The van der Waals surface area contributed by atoms with Gasteiger partial charge in [-0.15, -0.1) is 0 Å². The van der Waals surface area contributed by atoms with Crippen molar-refractivity contribution >= 4 is 17.5 Å². The van der Waals surface area contributed by atoms with Crippen LogP contribution < -0.4 is 4.90 Å². The lowest BCUT2D eigenvalue weighted by atomic mass is 9.64. The third kappa shape index (κ3) is 2.74.